The third-order valence-corrected chi connectivity index (χ3v) is 13.0. The molecule has 2 aromatic carbocycles. The van der Waals surface area contributed by atoms with E-state index in [0.717, 1.165) is 56.0 Å². The number of hydrogen-bond donors (Lipinski definition) is 12. The maximum absolute atomic E-state index is 13.8. The molecular weight excluding hydrogens is 867 g/mol. The number of aromatic hydroxyl groups is 1. The van der Waals surface area contributed by atoms with E-state index in [2.05, 4.69) is 47.9 Å². The summed E-state index contributed by atoms with van der Waals surface area (Å²) in [5.41, 5.74) is 13.8. The van der Waals surface area contributed by atoms with Gasteiger partial charge in [0.05, 0.1) is 17.1 Å². The predicted molar refractivity (Wildman–Crippen MR) is 264 cm³/mol. The largest absolute Gasteiger partial charge is 0.508 e. The van der Waals surface area contributed by atoms with Gasteiger partial charge < -0.3 is 64.4 Å². The van der Waals surface area contributed by atoms with Crippen LogP contribution in [-0.2, 0) is 48.2 Å². The number of hydrogen-bond acceptors (Lipinski definition) is 14. The molecule has 0 aliphatic carbocycles. The lowest BCUT2D eigenvalue weighted by molar-refractivity contribution is -0.134. The van der Waals surface area contributed by atoms with Crippen molar-refractivity contribution in [3.05, 3.63) is 65.2 Å². The molecule has 3 heterocycles. The van der Waals surface area contributed by atoms with E-state index in [0.29, 0.717) is 77.8 Å². The van der Waals surface area contributed by atoms with E-state index < -0.39 is 40.8 Å². The molecule has 14 N–H and O–H groups in total. The highest BCUT2D eigenvalue weighted by Crippen LogP contribution is 2.20. The van der Waals surface area contributed by atoms with E-state index in [-0.39, 0.29) is 67.3 Å². The minimum atomic E-state index is -0.832. The van der Waals surface area contributed by atoms with Crippen molar-refractivity contribution in [1.29, 1.82) is 0 Å². The van der Waals surface area contributed by atoms with Gasteiger partial charge in [-0.2, -0.15) is 0 Å². The van der Waals surface area contributed by atoms with Crippen molar-refractivity contribution >= 4 is 35.2 Å². The summed E-state index contributed by atoms with van der Waals surface area (Å²) in [7, 11) is 0. The molecule has 0 spiro atoms. The van der Waals surface area contributed by atoms with Crippen LogP contribution in [0.5, 0.6) is 5.75 Å². The standard InChI is InChI=1S/C50H81N11O7/c1-4-35(2)46(60-47(67)36(3)26-38-13-17-42(63)18-14-38)43(64)27-40(15-19-44(51)65)48(68)59-28-39-10-8-37(9-11-39)12-16-41(62)6-5-7-45(66)61-50-32-56-23-20-53-29-49(52,30-54-21-24-57-33-50)31-55-22-25-58-34-50/h8-11,13-14,17-18,35-36,40,46,53-58,63H,4-7,12,15-16,19-34,52H2,1-3H3,(H2,51,65)(H,59,68)(H,60,67)(H,61,66)/t35?,36-,40+,46-,49?,50?/m0/s1. The van der Waals surface area contributed by atoms with Crippen LogP contribution in [-0.4, -0.2) is 136 Å². The predicted octanol–water partition coefficient (Wildman–Crippen LogP) is 0.0483. The highest BCUT2D eigenvalue weighted by atomic mass is 16.3. The third kappa shape index (κ3) is 20.4. The Morgan fingerprint density at radius 3 is 1.76 bits per heavy atom. The van der Waals surface area contributed by atoms with Gasteiger partial charge >= 0.3 is 0 Å². The molecule has 3 aliphatic heterocycles. The Kier molecular flexibility index (Phi) is 24.0. The quantitative estimate of drug-likeness (QED) is 0.0702. The van der Waals surface area contributed by atoms with Gasteiger partial charge in [0, 0.05) is 129 Å². The minimum Gasteiger partial charge on any atom is -0.508 e. The number of primary amides is 1. The Labute approximate surface area is 403 Å². The molecule has 2 aromatic rings. The summed E-state index contributed by atoms with van der Waals surface area (Å²) in [6.45, 7) is 13.9. The lowest BCUT2D eigenvalue weighted by Gasteiger charge is -2.37. The summed E-state index contributed by atoms with van der Waals surface area (Å²) in [4.78, 5) is 78.7. The van der Waals surface area contributed by atoms with Crippen LogP contribution in [0, 0.1) is 17.8 Å². The van der Waals surface area contributed by atoms with Gasteiger partial charge in [-0.1, -0.05) is 63.6 Å². The molecule has 18 nitrogen and oxygen atoms in total. The van der Waals surface area contributed by atoms with E-state index in [1.807, 2.05) is 38.1 Å². The zero-order valence-electron chi connectivity index (χ0n) is 40.7. The smallest absolute Gasteiger partial charge is 0.223 e. The van der Waals surface area contributed by atoms with Gasteiger partial charge in [0.15, 0.2) is 5.78 Å². The number of benzene rings is 2. The maximum atomic E-state index is 13.8. The first kappa shape index (κ1) is 55.8. The summed E-state index contributed by atoms with van der Waals surface area (Å²) in [6.07, 6.45) is 2.75. The Balaban J connectivity index is 1.23. The lowest BCUT2D eigenvalue weighted by Crippen LogP contribution is -2.67. The van der Waals surface area contributed by atoms with Crippen LogP contribution in [0.3, 0.4) is 0 Å². The number of rotatable bonds is 23. The normalized spacial score (nSPS) is 21.5. The summed E-state index contributed by atoms with van der Waals surface area (Å²) < 4.78 is 0. The molecule has 4 atom stereocenters. The second-order valence-corrected chi connectivity index (χ2v) is 19.2. The van der Waals surface area contributed by atoms with Gasteiger partial charge in [-0.05, 0) is 60.4 Å². The fraction of sp³-hybridized carbons (Fsp3) is 0.640. The number of fused-ring (bicyclic) bond motifs is 15. The molecule has 0 aromatic heterocycles. The number of amides is 4. The number of nitrogens with two attached hydrogens (primary N) is 2. The van der Waals surface area contributed by atoms with Crippen molar-refractivity contribution in [1.82, 2.24) is 47.9 Å². The van der Waals surface area contributed by atoms with Crippen LogP contribution in [0.15, 0.2) is 48.5 Å². The molecule has 2 bridgehead atoms. The Morgan fingerprint density at radius 2 is 1.22 bits per heavy atom. The van der Waals surface area contributed by atoms with Crippen LogP contribution in [0.2, 0.25) is 0 Å². The molecular formula is C50H81N11O7. The van der Waals surface area contributed by atoms with Gasteiger partial charge in [-0.25, -0.2) is 0 Å². The van der Waals surface area contributed by atoms with Crippen LogP contribution in [0.25, 0.3) is 0 Å². The average molecular weight is 948 g/mol. The molecule has 3 aliphatic rings. The highest BCUT2D eigenvalue weighted by molar-refractivity contribution is 5.93. The molecule has 18 heteroatoms. The van der Waals surface area contributed by atoms with Crippen molar-refractivity contribution in [3.8, 4) is 5.75 Å². The van der Waals surface area contributed by atoms with E-state index in [1.165, 1.54) is 0 Å². The lowest BCUT2D eigenvalue weighted by atomic mass is 9.87. The molecule has 3 fully saturated rings. The van der Waals surface area contributed by atoms with E-state index in [1.54, 1.807) is 31.2 Å². The number of nitrogens with one attached hydrogen (secondary N) is 9. The van der Waals surface area contributed by atoms with Gasteiger partial charge in [0.25, 0.3) is 0 Å². The molecule has 378 valence electrons. The van der Waals surface area contributed by atoms with Crippen LogP contribution in [0.4, 0.5) is 0 Å². The molecule has 0 radical (unpaired) electrons. The minimum absolute atomic E-state index is 0.0739. The fourth-order valence-corrected chi connectivity index (χ4v) is 8.57. The fourth-order valence-electron chi connectivity index (χ4n) is 8.57. The summed E-state index contributed by atoms with van der Waals surface area (Å²) in [5, 5.41) is 39.8. The van der Waals surface area contributed by atoms with Gasteiger partial charge in [-0.15, -0.1) is 0 Å². The first-order valence-electron chi connectivity index (χ1n) is 24.7. The topological polar surface area (TPSA) is 283 Å². The summed E-state index contributed by atoms with van der Waals surface area (Å²) >= 11 is 0. The molecule has 68 heavy (non-hydrogen) atoms. The zero-order chi connectivity index (χ0) is 49.4. The van der Waals surface area contributed by atoms with Crippen molar-refractivity contribution < 1.29 is 33.9 Å². The maximum Gasteiger partial charge on any atom is 0.223 e. The molecule has 0 saturated carbocycles. The van der Waals surface area contributed by atoms with E-state index >= 15 is 0 Å². The number of Topliss-reactive ketones (excluding diaryl/α,β-unsaturated/α-hetero) is 2. The number of carbonyl (C=O) groups is 6. The first-order chi connectivity index (χ1) is 32.6. The summed E-state index contributed by atoms with van der Waals surface area (Å²) in [6, 6.07) is 13.4. The molecule has 1 unspecified atom stereocenters. The van der Waals surface area contributed by atoms with Crippen LogP contribution >= 0.6 is 0 Å². The first-order valence-corrected chi connectivity index (χ1v) is 24.7. The Morgan fingerprint density at radius 1 is 0.691 bits per heavy atom. The zero-order valence-corrected chi connectivity index (χ0v) is 40.7. The highest BCUT2D eigenvalue weighted by Gasteiger charge is 2.33. The Bertz CT molecular complexity index is 1860. The van der Waals surface area contributed by atoms with E-state index in [9.17, 15) is 33.9 Å². The Hall–Kier alpha value is -4.82. The molecule has 3 saturated heterocycles. The third-order valence-electron chi connectivity index (χ3n) is 13.0. The van der Waals surface area contributed by atoms with Crippen molar-refractivity contribution in [2.24, 2.45) is 29.2 Å². The molecule has 4 amide bonds. The number of carbonyl (C=O) groups excluding carboxylic acids is 6. The van der Waals surface area contributed by atoms with Gasteiger partial charge in [0.2, 0.25) is 23.6 Å². The van der Waals surface area contributed by atoms with Gasteiger partial charge in [0.1, 0.15) is 11.5 Å². The number of phenolic OH excluding ortho intramolecular Hbond substituents is 1. The second-order valence-electron chi connectivity index (χ2n) is 19.2. The average Bonchev–Trinajstić information content (AvgIpc) is 3.31. The van der Waals surface area contributed by atoms with Crippen molar-refractivity contribution in [2.45, 2.75) is 109 Å². The number of aryl methyl sites for hydroxylation is 1. The summed E-state index contributed by atoms with van der Waals surface area (Å²) in [5.74, 6) is -2.91. The van der Waals surface area contributed by atoms with Crippen LogP contribution < -0.4 is 59.3 Å². The monoisotopic (exact) mass is 948 g/mol. The van der Waals surface area contributed by atoms with Gasteiger partial charge in [-0.3, -0.25) is 28.8 Å². The SMILES string of the molecule is CCC(C)[C@H](NC(=O)[C@@H](C)Cc1ccc(O)cc1)C(=O)C[C@@H](CCC(N)=O)C(=O)NCc1ccc(CCC(=O)CCCC(=O)NC23CNCCNCC(N)(CNCCNC2)CNCCNC3)cc1. The number of ketones is 2. The second kappa shape index (κ2) is 29.3. The van der Waals surface area contributed by atoms with E-state index in [4.69, 9.17) is 11.5 Å². The van der Waals surface area contributed by atoms with Crippen molar-refractivity contribution in [2.75, 3.05) is 78.5 Å². The number of phenols is 1. The van der Waals surface area contributed by atoms with Crippen molar-refractivity contribution in [3.63, 3.8) is 0 Å². The molecule has 5 rings (SSSR count). The van der Waals surface area contributed by atoms with Crippen LogP contribution in [0.1, 0.15) is 88.8 Å².